The van der Waals surface area contributed by atoms with Crippen LogP contribution < -0.4 is 9.47 Å². The van der Waals surface area contributed by atoms with Crippen molar-refractivity contribution in [1.82, 2.24) is 14.7 Å². The SMILES string of the molecule is COC(=O)CC1c2cc(OC)c(OC)cc2CCN1C(=O)c1ccc(Cn2nc(C)cc2C)cc1. The standard InChI is InChI=1S/C27H31N3O5/c1-17-12-18(2)30(28-17)16-19-6-8-20(9-7-19)27(32)29-11-10-21-13-24(33-3)25(34-4)14-22(21)23(29)15-26(31)35-5/h6-9,12-14,23H,10-11,15-16H2,1-5H3. The van der Waals surface area contributed by atoms with Crippen LogP contribution in [0.3, 0.4) is 0 Å². The molecule has 1 atom stereocenters. The molecular formula is C27H31N3O5. The smallest absolute Gasteiger partial charge is 0.307 e. The van der Waals surface area contributed by atoms with E-state index in [4.69, 9.17) is 14.2 Å². The molecule has 8 nitrogen and oxygen atoms in total. The maximum atomic E-state index is 13.6. The van der Waals surface area contributed by atoms with E-state index in [1.54, 1.807) is 19.1 Å². The van der Waals surface area contributed by atoms with Crippen LogP contribution in [-0.4, -0.2) is 54.4 Å². The van der Waals surface area contributed by atoms with Crippen LogP contribution in [0.1, 0.15) is 50.9 Å². The van der Waals surface area contributed by atoms with Crippen LogP contribution in [0.4, 0.5) is 0 Å². The van der Waals surface area contributed by atoms with Crippen LogP contribution in [0.2, 0.25) is 0 Å². The van der Waals surface area contributed by atoms with Crippen molar-refractivity contribution in [2.24, 2.45) is 0 Å². The Balaban J connectivity index is 1.61. The van der Waals surface area contributed by atoms with E-state index < -0.39 is 6.04 Å². The summed E-state index contributed by atoms with van der Waals surface area (Å²) in [5.41, 5.74) is 5.59. The number of methoxy groups -OCH3 is 3. The molecule has 0 saturated carbocycles. The molecule has 0 bridgehead atoms. The number of aryl methyl sites for hydroxylation is 2. The molecule has 1 amide bonds. The normalized spacial score (nSPS) is 14.9. The van der Waals surface area contributed by atoms with Gasteiger partial charge in [-0.1, -0.05) is 12.1 Å². The first-order chi connectivity index (χ1) is 16.8. The molecule has 0 aliphatic carbocycles. The molecule has 0 spiro atoms. The highest BCUT2D eigenvalue weighted by Crippen LogP contribution is 2.40. The fourth-order valence-corrected chi connectivity index (χ4v) is 4.66. The Morgan fingerprint density at radius 3 is 2.29 bits per heavy atom. The van der Waals surface area contributed by atoms with Crippen LogP contribution in [0.5, 0.6) is 11.5 Å². The van der Waals surface area contributed by atoms with Crippen molar-refractivity contribution in [3.05, 3.63) is 76.1 Å². The molecule has 3 aromatic rings. The van der Waals surface area contributed by atoms with Gasteiger partial charge in [0.2, 0.25) is 0 Å². The maximum absolute atomic E-state index is 13.6. The number of hydrogen-bond donors (Lipinski definition) is 0. The lowest BCUT2D eigenvalue weighted by Gasteiger charge is -2.37. The second kappa shape index (κ2) is 10.2. The summed E-state index contributed by atoms with van der Waals surface area (Å²) >= 11 is 0. The van der Waals surface area contributed by atoms with Gasteiger partial charge >= 0.3 is 5.97 Å². The quantitative estimate of drug-likeness (QED) is 0.481. The van der Waals surface area contributed by atoms with Crippen molar-refractivity contribution in [3.8, 4) is 11.5 Å². The minimum Gasteiger partial charge on any atom is -0.493 e. The zero-order valence-corrected chi connectivity index (χ0v) is 20.8. The predicted octanol–water partition coefficient (Wildman–Crippen LogP) is 3.87. The highest BCUT2D eigenvalue weighted by Gasteiger charge is 2.34. The van der Waals surface area contributed by atoms with E-state index >= 15 is 0 Å². The molecule has 0 fully saturated rings. The van der Waals surface area contributed by atoms with E-state index in [0.717, 1.165) is 28.1 Å². The summed E-state index contributed by atoms with van der Waals surface area (Å²) in [4.78, 5) is 27.6. The Morgan fingerprint density at radius 2 is 1.69 bits per heavy atom. The summed E-state index contributed by atoms with van der Waals surface area (Å²) < 4.78 is 17.8. The summed E-state index contributed by atoms with van der Waals surface area (Å²) in [6.07, 6.45) is 0.704. The molecule has 1 unspecified atom stereocenters. The van der Waals surface area contributed by atoms with Crippen LogP contribution in [0.25, 0.3) is 0 Å². The lowest BCUT2D eigenvalue weighted by molar-refractivity contribution is -0.141. The van der Waals surface area contributed by atoms with Gasteiger partial charge in [-0.25, -0.2) is 0 Å². The van der Waals surface area contributed by atoms with Crippen molar-refractivity contribution < 1.29 is 23.8 Å². The van der Waals surface area contributed by atoms with Gasteiger partial charge in [-0.05, 0) is 67.3 Å². The Hall–Kier alpha value is -3.81. The lowest BCUT2D eigenvalue weighted by atomic mass is 9.89. The zero-order valence-electron chi connectivity index (χ0n) is 20.8. The molecule has 184 valence electrons. The number of ether oxygens (including phenoxy) is 3. The number of carbonyl (C=O) groups excluding carboxylic acids is 2. The van der Waals surface area contributed by atoms with E-state index in [0.29, 0.717) is 36.6 Å². The summed E-state index contributed by atoms with van der Waals surface area (Å²) in [5.74, 6) is 0.678. The van der Waals surface area contributed by atoms with E-state index in [9.17, 15) is 9.59 Å². The fourth-order valence-electron chi connectivity index (χ4n) is 4.66. The Kier molecular flexibility index (Phi) is 7.10. The first kappa shape index (κ1) is 24.3. The average molecular weight is 478 g/mol. The predicted molar refractivity (Wildman–Crippen MR) is 131 cm³/mol. The van der Waals surface area contributed by atoms with Crippen LogP contribution in [0, 0.1) is 13.8 Å². The summed E-state index contributed by atoms with van der Waals surface area (Å²) in [6.45, 7) is 5.12. The Morgan fingerprint density at radius 1 is 1.00 bits per heavy atom. The first-order valence-electron chi connectivity index (χ1n) is 11.6. The Bertz CT molecular complexity index is 1230. The van der Waals surface area contributed by atoms with Gasteiger partial charge in [-0.2, -0.15) is 5.10 Å². The van der Waals surface area contributed by atoms with E-state index in [1.165, 1.54) is 7.11 Å². The average Bonchev–Trinajstić information content (AvgIpc) is 3.19. The van der Waals surface area contributed by atoms with E-state index in [-0.39, 0.29) is 18.3 Å². The van der Waals surface area contributed by atoms with Crippen LogP contribution in [-0.2, 0) is 22.5 Å². The van der Waals surface area contributed by atoms with Gasteiger partial charge < -0.3 is 19.1 Å². The number of amides is 1. The molecule has 35 heavy (non-hydrogen) atoms. The molecule has 0 radical (unpaired) electrons. The van der Waals surface area contributed by atoms with Crippen molar-refractivity contribution in [2.75, 3.05) is 27.9 Å². The first-order valence-corrected chi connectivity index (χ1v) is 11.6. The fraction of sp³-hybridized carbons (Fsp3) is 0.370. The second-order valence-corrected chi connectivity index (χ2v) is 8.73. The number of esters is 1. The van der Waals surface area contributed by atoms with E-state index in [2.05, 4.69) is 5.10 Å². The van der Waals surface area contributed by atoms with Crippen molar-refractivity contribution in [2.45, 2.75) is 39.3 Å². The monoisotopic (exact) mass is 477 g/mol. The minimum absolute atomic E-state index is 0.0563. The molecule has 0 saturated heterocycles. The number of nitrogens with zero attached hydrogens (tertiary/aromatic N) is 3. The van der Waals surface area contributed by atoms with Gasteiger partial charge in [0.25, 0.3) is 5.91 Å². The van der Waals surface area contributed by atoms with Crippen LogP contribution >= 0.6 is 0 Å². The van der Waals surface area contributed by atoms with Gasteiger partial charge in [0.15, 0.2) is 11.5 Å². The summed E-state index contributed by atoms with van der Waals surface area (Å²) in [7, 11) is 4.51. The van der Waals surface area contributed by atoms with Gasteiger partial charge in [0, 0.05) is 17.8 Å². The second-order valence-electron chi connectivity index (χ2n) is 8.73. The lowest BCUT2D eigenvalue weighted by Crippen LogP contribution is -2.41. The molecule has 4 rings (SSSR count). The minimum atomic E-state index is -0.465. The number of benzene rings is 2. The zero-order chi connectivity index (χ0) is 25.1. The number of hydrogen-bond acceptors (Lipinski definition) is 6. The molecule has 0 N–H and O–H groups in total. The van der Waals surface area contributed by atoms with E-state index in [1.807, 2.05) is 61.0 Å². The van der Waals surface area contributed by atoms with Gasteiger partial charge in [-0.15, -0.1) is 0 Å². The molecule has 1 aliphatic heterocycles. The third-order valence-electron chi connectivity index (χ3n) is 6.49. The summed E-state index contributed by atoms with van der Waals surface area (Å²) in [6, 6.07) is 12.9. The third-order valence-corrected chi connectivity index (χ3v) is 6.49. The number of fused-ring (bicyclic) bond motifs is 1. The van der Waals surface area contributed by atoms with Gasteiger partial charge in [0.1, 0.15) is 0 Å². The molecule has 8 heteroatoms. The molecular weight excluding hydrogens is 446 g/mol. The number of carbonyl (C=O) groups is 2. The van der Waals surface area contributed by atoms with Gasteiger partial charge in [-0.3, -0.25) is 14.3 Å². The third kappa shape index (κ3) is 5.01. The van der Waals surface area contributed by atoms with Crippen LogP contribution in [0.15, 0.2) is 42.5 Å². The highest BCUT2D eigenvalue weighted by atomic mass is 16.5. The van der Waals surface area contributed by atoms with Gasteiger partial charge in [0.05, 0.1) is 46.0 Å². The Labute approximate surface area is 205 Å². The van der Waals surface area contributed by atoms with Crippen molar-refractivity contribution >= 4 is 11.9 Å². The largest absolute Gasteiger partial charge is 0.493 e. The topological polar surface area (TPSA) is 82.9 Å². The molecule has 2 heterocycles. The number of rotatable bonds is 7. The summed E-state index contributed by atoms with van der Waals surface area (Å²) in [5, 5.41) is 4.51. The molecule has 2 aromatic carbocycles. The number of aromatic nitrogens is 2. The van der Waals surface area contributed by atoms with Crippen molar-refractivity contribution in [3.63, 3.8) is 0 Å². The van der Waals surface area contributed by atoms with Crippen molar-refractivity contribution in [1.29, 1.82) is 0 Å². The molecule has 1 aromatic heterocycles. The maximum Gasteiger partial charge on any atom is 0.307 e. The highest BCUT2D eigenvalue weighted by molar-refractivity contribution is 5.95. The molecule has 1 aliphatic rings.